The van der Waals surface area contributed by atoms with Gasteiger partial charge in [-0.15, -0.1) is 0 Å². The van der Waals surface area contributed by atoms with Gasteiger partial charge in [0.2, 0.25) is 5.91 Å². The second-order valence-electron chi connectivity index (χ2n) is 9.59. The topological polar surface area (TPSA) is 55.2 Å². The van der Waals surface area contributed by atoms with E-state index in [1.165, 1.54) is 0 Å². The number of aromatic nitrogens is 2. The van der Waals surface area contributed by atoms with E-state index in [9.17, 15) is 9.59 Å². The molecule has 0 radical (unpaired) electrons. The van der Waals surface area contributed by atoms with E-state index in [2.05, 4.69) is 31.2 Å². The summed E-state index contributed by atoms with van der Waals surface area (Å²) in [5.74, 6) is 1.20. The number of hydrogen-bond acceptors (Lipinski definition) is 3. The van der Waals surface area contributed by atoms with Crippen molar-refractivity contribution in [2.24, 2.45) is 5.92 Å². The van der Waals surface area contributed by atoms with Crippen LogP contribution in [0.2, 0.25) is 0 Å². The molecule has 1 aromatic heterocycles. The molecule has 1 fully saturated rings. The Labute approximate surface area is 201 Å². The fraction of sp³-hybridized carbons (Fsp3) is 0.414. The summed E-state index contributed by atoms with van der Waals surface area (Å²) in [6.07, 6.45) is 6.46. The molecule has 1 amide bonds. The Morgan fingerprint density at radius 2 is 1.62 bits per heavy atom. The molecule has 176 valence electrons. The number of fused-ring (bicyclic) bond motifs is 1. The van der Waals surface area contributed by atoms with Crippen molar-refractivity contribution in [2.75, 3.05) is 6.54 Å². The van der Waals surface area contributed by atoms with Crippen LogP contribution in [0, 0.1) is 5.92 Å². The smallest absolute Gasteiger partial charge is 0.257 e. The van der Waals surface area contributed by atoms with Gasteiger partial charge in [0.05, 0.1) is 18.3 Å². The predicted molar refractivity (Wildman–Crippen MR) is 134 cm³/mol. The second-order valence-corrected chi connectivity index (χ2v) is 9.59. The van der Waals surface area contributed by atoms with Gasteiger partial charge in [0.1, 0.15) is 5.82 Å². The van der Waals surface area contributed by atoms with Crippen LogP contribution in [0.15, 0.2) is 65.5 Å². The van der Waals surface area contributed by atoms with Crippen LogP contribution in [-0.4, -0.2) is 26.9 Å². The molecule has 5 nitrogen and oxygen atoms in total. The maximum atomic E-state index is 14.0. The van der Waals surface area contributed by atoms with Crippen LogP contribution in [-0.2, 0) is 24.2 Å². The van der Waals surface area contributed by atoms with Crippen molar-refractivity contribution in [3.8, 4) is 0 Å². The van der Waals surface area contributed by atoms with Gasteiger partial charge in [-0.2, -0.15) is 0 Å². The van der Waals surface area contributed by atoms with Crippen molar-refractivity contribution in [3.05, 3.63) is 99.2 Å². The van der Waals surface area contributed by atoms with E-state index >= 15 is 0 Å². The normalized spacial score (nSPS) is 16.1. The second kappa shape index (κ2) is 9.96. The minimum atomic E-state index is -0.229. The molecule has 0 spiro atoms. The fourth-order valence-electron chi connectivity index (χ4n) is 5.60. The molecule has 0 bridgehead atoms. The highest BCUT2D eigenvalue weighted by molar-refractivity contribution is 5.79. The van der Waals surface area contributed by atoms with Gasteiger partial charge in [-0.05, 0) is 36.8 Å². The Morgan fingerprint density at radius 1 is 1.00 bits per heavy atom. The minimum Gasteiger partial charge on any atom is -0.336 e. The van der Waals surface area contributed by atoms with Crippen LogP contribution in [0.5, 0.6) is 0 Å². The Kier molecular flexibility index (Phi) is 6.61. The van der Waals surface area contributed by atoms with E-state index in [0.717, 1.165) is 66.7 Å². The maximum absolute atomic E-state index is 14.0. The number of nitrogens with zero attached hydrogens (tertiary/aromatic N) is 3. The van der Waals surface area contributed by atoms with Gasteiger partial charge >= 0.3 is 0 Å². The summed E-state index contributed by atoms with van der Waals surface area (Å²) in [7, 11) is 0. The van der Waals surface area contributed by atoms with Crippen LogP contribution >= 0.6 is 0 Å². The van der Waals surface area contributed by atoms with Crippen molar-refractivity contribution in [1.82, 2.24) is 14.5 Å². The van der Waals surface area contributed by atoms with Crippen molar-refractivity contribution in [3.63, 3.8) is 0 Å². The highest BCUT2D eigenvalue weighted by atomic mass is 16.2. The summed E-state index contributed by atoms with van der Waals surface area (Å²) in [6, 6.07) is 20.2. The number of hydrogen-bond donors (Lipinski definition) is 0. The molecule has 3 aromatic rings. The molecule has 2 aromatic carbocycles. The summed E-state index contributed by atoms with van der Waals surface area (Å²) >= 11 is 0. The van der Waals surface area contributed by atoms with Gasteiger partial charge in [0, 0.05) is 24.4 Å². The summed E-state index contributed by atoms with van der Waals surface area (Å²) in [4.78, 5) is 34.1. The van der Waals surface area contributed by atoms with Crippen molar-refractivity contribution in [1.29, 1.82) is 0 Å². The average Bonchev–Trinajstić information content (AvgIpc) is 3.42. The number of rotatable bonds is 6. The van der Waals surface area contributed by atoms with Gasteiger partial charge < -0.3 is 4.90 Å². The molecule has 34 heavy (non-hydrogen) atoms. The van der Waals surface area contributed by atoms with E-state index in [0.29, 0.717) is 19.5 Å². The first-order chi connectivity index (χ1) is 16.7. The Morgan fingerprint density at radius 3 is 2.21 bits per heavy atom. The fourth-order valence-corrected chi connectivity index (χ4v) is 5.60. The summed E-state index contributed by atoms with van der Waals surface area (Å²) in [5, 5.41) is 0. The number of carbonyl (C=O) groups is 1. The van der Waals surface area contributed by atoms with Crippen molar-refractivity contribution < 1.29 is 4.79 Å². The lowest BCUT2D eigenvalue weighted by atomic mass is 9.96. The molecule has 1 saturated carbocycles. The largest absolute Gasteiger partial charge is 0.336 e. The Hall–Kier alpha value is -3.21. The minimum absolute atomic E-state index is 0.0409. The third-order valence-electron chi connectivity index (χ3n) is 7.32. The van der Waals surface area contributed by atoms with Crippen LogP contribution in [0.3, 0.4) is 0 Å². The summed E-state index contributed by atoms with van der Waals surface area (Å²) in [5.41, 5.74) is 3.75. The van der Waals surface area contributed by atoms with E-state index in [1.807, 2.05) is 45.9 Å². The molecule has 0 N–H and O–H groups in total. The Balaban J connectivity index is 1.59. The molecule has 2 heterocycles. The number of amides is 1. The van der Waals surface area contributed by atoms with Crippen LogP contribution in [0.1, 0.15) is 73.3 Å². The number of carbonyl (C=O) groups excluding carboxylic acids is 1. The van der Waals surface area contributed by atoms with Gasteiger partial charge in [0.15, 0.2) is 0 Å². The van der Waals surface area contributed by atoms with Crippen LogP contribution in [0.4, 0.5) is 0 Å². The Bertz CT molecular complexity index is 1160. The van der Waals surface area contributed by atoms with Crippen molar-refractivity contribution >= 4 is 5.91 Å². The van der Waals surface area contributed by atoms with E-state index in [1.54, 1.807) is 0 Å². The van der Waals surface area contributed by atoms with Crippen LogP contribution in [0.25, 0.3) is 0 Å². The number of benzene rings is 2. The van der Waals surface area contributed by atoms with Gasteiger partial charge in [-0.25, -0.2) is 4.98 Å². The quantitative estimate of drug-likeness (QED) is 0.531. The first-order valence-corrected chi connectivity index (χ1v) is 12.7. The first-order valence-electron chi connectivity index (χ1n) is 12.7. The molecule has 2 aliphatic rings. The van der Waals surface area contributed by atoms with Crippen LogP contribution < -0.4 is 5.56 Å². The zero-order valence-electron chi connectivity index (χ0n) is 20.0. The lowest BCUT2D eigenvalue weighted by Gasteiger charge is -2.32. The zero-order valence-corrected chi connectivity index (χ0v) is 20.0. The lowest BCUT2D eigenvalue weighted by Crippen LogP contribution is -2.44. The van der Waals surface area contributed by atoms with Gasteiger partial charge in [-0.1, -0.05) is 80.4 Å². The zero-order chi connectivity index (χ0) is 23.5. The molecule has 0 unspecified atom stereocenters. The molecule has 1 aliphatic heterocycles. The van der Waals surface area contributed by atoms with E-state index < -0.39 is 0 Å². The first kappa shape index (κ1) is 22.6. The van der Waals surface area contributed by atoms with Gasteiger partial charge in [0.25, 0.3) is 5.56 Å². The molecule has 5 rings (SSSR count). The highest BCUT2D eigenvalue weighted by Crippen LogP contribution is 2.30. The third kappa shape index (κ3) is 4.31. The lowest BCUT2D eigenvalue weighted by molar-refractivity contribution is -0.136. The molecule has 5 heteroatoms. The monoisotopic (exact) mass is 455 g/mol. The molecular formula is C29H33N3O2. The van der Waals surface area contributed by atoms with E-state index in [4.69, 9.17) is 4.98 Å². The SMILES string of the molecule is CCCc1nc2c(c(=O)n1C(c1ccccc1)c1ccccc1)CCN(C(=O)C1CCCC1)C2. The summed E-state index contributed by atoms with van der Waals surface area (Å²) in [6.45, 7) is 3.18. The molecule has 0 saturated heterocycles. The maximum Gasteiger partial charge on any atom is 0.257 e. The third-order valence-corrected chi connectivity index (χ3v) is 7.32. The number of aryl methyl sites for hydroxylation is 1. The van der Waals surface area contributed by atoms with E-state index in [-0.39, 0.29) is 23.4 Å². The average molecular weight is 456 g/mol. The van der Waals surface area contributed by atoms with Gasteiger partial charge in [-0.3, -0.25) is 14.2 Å². The molecule has 1 aliphatic carbocycles. The summed E-state index contributed by atoms with van der Waals surface area (Å²) < 4.78 is 1.92. The molecular weight excluding hydrogens is 422 g/mol. The van der Waals surface area contributed by atoms with Crippen molar-refractivity contribution in [2.45, 2.75) is 64.5 Å². The standard InChI is InChI=1S/C29H33N3O2/c1-2-11-26-30-25-20-31(28(33)23-16-9-10-17-23)19-18-24(25)29(34)32(26)27(21-12-5-3-6-13-21)22-14-7-4-8-15-22/h3-8,12-15,23,27H,2,9-11,16-20H2,1H3. The highest BCUT2D eigenvalue weighted by Gasteiger charge is 2.32. The predicted octanol–water partition coefficient (Wildman–Crippen LogP) is 4.91. The molecule has 0 atom stereocenters.